The standard InChI is InChI=1S/C18H18O6/c1-2-5-23-17-9-12-14(21)7-11(19)8-16(12)24-18(17)10-3-4-13(20)15(22)6-10/h2-4,6-8,17-22H,1,5,9H2. The molecular weight excluding hydrogens is 312 g/mol. The number of hydrogen-bond acceptors (Lipinski definition) is 6. The van der Waals surface area contributed by atoms with Crippen molar-refractivity contribution in [2.75, 3.05) is 6.61 Å². The van der Waals surface area contributed by atoms with Crippen LogP contribution in [0.5, 0.6) is 28.7 Å². The number of fused-ring (bicyclic) bond motifs is 1. The number of hydrogen-bond donors (Lipinski definition) is 4. The van der Waals surface area contributed by atoms with Crippen molar-refractivity contribution >= 4 is 0 Å². The van der Waals surface area contributed by atoms with Gasteiger partial charge in [-0.25, -0.2) is 0 Å². The molecule has 2 unspecified atom stereocenters. The quantitative estimate of drug-likeness (QED) is 0.508. The topological polar surface area (TPSA) is 99.4 Å². The maximum absolute atomic E-state index is 10.0. The first-order valence-electron chi connectivity index (χ1n) is 7.45. The fourth-order valence-corrected chi connectivity index (χ4v) is 2.79. The number of aromatic hydroxyl groups is 4. The number of rotatable bonds is 4. The summed E-state index contributed by atoms with van der Waals surface area (Å²) >= 11 is 0. The SMILES string of the molecule is C=CCOC1Cc2c(O)cc(O)cc2OC1c1ccc(O)c(O)c1. The zero-order valence-corrected chi connectivity index (χ0v) is 12.8. The van der Waals surface area contributed by atoms with Crippen molar-refractivity contribution in [1.82, 2.24) is 0 Å². The fourth-order valence-electron chi connectivity index (χ4n) is 2.79. The van der Waals surface area contributed by atoms with Crippen molar-refractivity contribution in [2.45, 2.75) is 18.6 Å². The molecule has 0 saturated carbocycles. The van der Waals surface area contributed by atoms with E-state index in [1.807, 2.05) is 0 Å². The van der Waals surface area contributed by atoms with E-state index in [1.165, 1.54) is 24.3 Å². The molecule has 0 aromatic heterocycles. The molecule has 3 rings (SSSR count). The van der Waals surface area contributed by atoms with Gasteiger partial charge in [0.2, 0.25) is 0 Å². The molecule has 0 bridgehead atoms. The van der Waals surface area contributed by atoms with E-state index in [9.17, 15) is 20.4 Å². The van der Waals surface area contributed by atoms with E-state index in [1.54, 1.807) is 12.1 Å². The average Bonchev–Trinajstić information content (AvgIpc) is 2.55. The summed E-state index contributed by atoms with van der Waals surface area (Å²) < 4.78 is 11.7. The Kier molecular flexibility index (Phi) is 4.22. The van der Waals surface area contributed by atoms with Gasteiger partial charge in [-0.1, -0.05) is 12.1 Å². The Bertz CT molecular complexity index is 770. The van der Waals surface area contributed by atoms with Crippen molar-refractivity contribution in [2.24, 2.45) is 0 Å². The third-order valence-electron chi connectivity index (χ3n) is 3.92. The van der Waals surface area contributed by atoms with Crippen LogP contribution in [0, 0.1) is 0 Å². The van der Waals surface area contributed by atoms with Crippen LogP contribution < -0.4 is 4.74 Å². The van der Waals surface area contributed by atoms with E-state index >= 15 is 0 Å². The maximum Gasteiger partial charge on any atom is 0.157 e. The minimum Gasteiger partial charge on any atom is -0.508 e. The maximum atomic E-state index is 10.0. The monoisotopic (exact) mass is 330 g/mol. The van der Waals surface area contributed by atoms with E-state index in [2.05, 4.69) is 6.58 Å². The molecule has 6 nitrogen and oxygen atoms in total. The summed E-state index contributed by atoms with van der Waals surface area (Å²) in [5, 5.41) is 38.9. The van der Waals surface area contributed by atoms with Crippen LogP contribution in [0.3, 0.4) is 0 Å². The number of ether oxygens (including phenoxy) is 2. The normalized spacial score (nSPS) is 19.3. The van der Waals surface area contributed by atoms with Gasteiger partial charge in [0, 0.05) is 24.1 Å². The van der Waals surface area contributed by atoms with Gasteiger partial charge in [0.05, 0.1) is 6.61 Å². The lowest BCUT2D eigenvalue weighted by molar-refractivity contribution is -0.0271. The summed E-state index contributed by atoms with van der Waals surface area (Å²) in [7, 11) is 0. The molecule has 1 heterocycles. The molecule has 1 aliphatic heterocycles. The second-order valence-electron chi connectivity index (χ2n) is 5.59. The molecule has 2 aromatic carbocycles. The first-order chi connectivity index (χ1) is 11.5. The molecule has 0 fully saturated rings. The Balaban J connectivity index is 2.01. The predicted molar refractivity (Wildman–Crippen MR) is 86.6 cm³/mol. The molecule has 0 aliphatic carbocycles. The highest BCUT2D eigenvalue weighted by Gasteiger charge is 2.34. The summed E-state index contributed by atoms with van der Waals surface area (Å²) in [5.41, 5.74) is 1.15. The average molecular weight is 330 g/mol. The van der Waals surface area contributed by atoms with Crippen LogP contribution in [-0.4, -0.2) is 33.1 Å². The second kappa shape index (κ2) is 6.33. The molecule has 0 spiro atoms. The van der Waals surface area contributed by atoms with E-state index in [4.69, 9.17) is 9.47 Å². The van der Waals surface area contributed by atoms with Crippen LogP contribution in [0.25, 0.3) is 0 Å². The van der Waals surface area contributed by atoms with Gasteiger partial charge in [0.25, 0.3) is 0 Å². The van der Waals surface area contributed by atoms with Gasteiger partial charge < -0.3 is 29.9 Å². The summed E-state index contributed by atoms with van der Waals surface area (Å²) in [6.07, 6.45) is 0.958. The molecule has 24 heavy (non-hydrogen) atoms. The molecule has 4 N–H and O–H groups in total. The molecule has 0 amide bonds. The highest BCUT2D eigenvalue weighted by atomic mass is 16.5. The summed E-state index contributed by atoms with van der Waals surface area (Å²) in [4.78, 5) is 0. The molecule has 0 saturated heterocycles. The fraction of sp³-hybridized carbons (Fsp3) is 0.222. The van der Waals surface area contributed by atoms with Crippen molar-refractivity contribution < 1.29 is 29.9 Å². The Hall–Kier alpha value is -2.86. The number of phenolic OH excluding ortho intramolecular Hbond substituents is 4. The first-order valence-corrected chi connectivity index (χ1v) is 7.45. The Morgan fingerprint density at radius 1 is 1.08 bits per heavy atom. The van der Waals surface area contributed by atoms with Crippen molar-refractivity contribution in [3.8, 4) is 28.7 Å². The van der Waals surface area contributed by atoms with Crippen molar-refractivity contribution in [3.63, 3.8) is 0 Å². The van der Waals surface area contributed by atoms with Crippen LogP contribution in [0.15, 0.2) is 43.0 Å². The highest BCUT2D eigenvalue weighted by Crippen LogP contribution is 2.43. The molecule has 2 atom stereocenters. The van der Waals surface area contributed by atoms with Crippen molar-refractivity contribution in [3.05, 3.63) is 54.1 Å². The molecule has 0 radical (unpaired) electrons. The predicted octanol–water partition coefficient (Wildman–Crippen LogP) is 2.76. The third kappa shape index (κ3) is 2.96. The molecule has 1 aliphatic rings. The lowest BCUT2D eigenvalue weighted by atomic mass is 9.93. The van der Waals surface area contributed by atoms with Crippen LogP contribution in [-0.2, 0) is 11.2 Å². The Morgan fingerprint density at radius 3 is 2.58 bits per heavy atom. The second-order valence-corrected chi connectivity index (χ2v) is 5.59. The number of benzene rings is 2. The van der Waals surface area contributed by atoms with E-state index in [-0.39, 0.29) is 23.0 Å². The van der Waals surface area contributed by atoms with Gasteiger partial charge in [-0.3, -0.25) is 0 Å². The first kappa shape index (κ1) is 16.0. The van der Waals surface area contributed by atoms with Crippen LogP contribution >= 0.6 is 0 Å². The Labute approximate surface area is 138 Å². The van der Waals surface area contributed by atoms with E-state index in [0.29, 0.717) is 29.9 Å². The van der Waals surface area contributed by atoms with Crippen LogP contribution in [0.2, 0.25) is 0 Å². The van der Waals surface area contributed by atoms with Crippen LogP contribution in [0.1, 0.15) is 17.2 Å². The molecule has 2 aromatic rings. The molecule has 126 valence electrons. The summed E-state index contributed by atoms with van der Waals surface area (Å²) in [6.45, 7) is 3.92. The lowest BCUT2D eigenvalue weighted by Gasteiger charge is -2.34. The largest absolute Gasteiger partial charge is 0.508 e. The van der Waals surface area contributed by atoms with Gasteiger partial charge in [-0.05, 0) is 17.7 Å². The highest BCUT2D eigenvalue weighted by molar-refractivity contribution is 5.52. The smallest absolute Gasteiger partial charge is 0.157 e. The van der Waals surface area contributed by atoms with Gasteiger partial charge in [0.15, 0.2) is 17.6 Å². The Morgan fingerprint density at radius 2 is 1.88 bits per heavy atom. The third-order valence-corrected chi connectivity index (χ3v) is 3.92. The molecular formula is C18H18O6. The van der Waals surface area contributed by atoms with Crippen molar-refractivity contribution in [1.29, 1.82) is 0 Å². The van der Waals surface area contributed by atoms with Gasteiger partial charge in [0.1, 0.15) is 23.4 Å². The zero-order valence-electron chi connectivity index (χ0n) is 12.8. The minimum absolute atomic E-state index is 0.0655. The number of phenols is 4. The summed E-state index contributed by atoms with van der Waals surface area (Å²) in [6, 6.07) is 7.06. The lowest BCUT2D eigenvalue weighted by Crippen LogP contribution is -2.33. The van der Waals surface area contributed by atoms with Gasteiger partial charge >= 0.3 is 0 Å². The van der Waals surface area contributed by atoms with E-state index < -0.39 is 12.2 Å². The van der Waals surface area contributed by atoms with Gasteiger partial charge in [-0.15, -0.1) is 6.58 Å². The van der Waals surface area contributed by atoms with Gasteiger partial charge in [-0.2, -0.15) is 0 Å². The van der Waals surface area contributed by atoms with Crippen LogP contribution in [0.4, 0.5) is 0 Å². The zero-order chi connectivity index (χ0) is 17.3. The summed E-state index contributed by atoms with van der Waals surface area (Å²) in [5.74, 6) is -0.311. The van der Waals surface area contributed by atoms with E-state index in [0.717, 1.165) is 0 Å². The molecule has 6 heteroatoms. The minimum atomic E-state index is -0.579.